The third kappa shape index (κ3) is 36.0. The number of carbonyl (C=O) groups is 6. The number of aliphatic carboxylic acids is 6. The molecule has 0 N–H and O–H groups in total. The normalized spacial score (nSPS) is 6.60. The van der Waals surface area contributed by atoms with Crippen LogP contribution in [0.1, 0.15) is 5.71 Å². The Hall–Kier alpha value is -1.99. The van der Waals surface area contributed by atoms with Gasteiger partial charge in [0.05, 0.1) is 35.8 Å². The number of carboxylic acids is 6. The van der Waals surface area contributed by atoms with Gasteiger partial charge < -0.3 is 59.4 Å². The fraction of sp³-hybridized carbons (Fsp3) is 0. The largest absolute Gasteiger partial charge is 1.00 e. The molecule has 0 saturated carbocycles. The molecule has 0 aromatic rings. The number of carboxylic acid groups (broad SMARTS) is 6. The maximum atomic E-state index is 8.93. The molecular formula is C6H4Li2O12. The first-order chi connectivity index (χ1) is 7.93. The van der Waals surface area contributed by atoms with Crippen molar-refractivity contribution in [1.82, 2.24) is 0 Å². The molecule has 12 nitrogen and oxygen atoms in total. The average Bonchev–Trinajstić information content (AvgIpc) is 2.18. The molecule has 0 unspecified atom stereocenters. The molecule has 0 fully saturated rings. The van der Waals surface area contributed by atoms with Crippen LogP contribution < -0.4 is 68.4 Å². The molecule has 14 heteroatoms. The molecule has 0 spiro atoms. The predicted octanol–water partition coefficient (Wildman–Crippen LogP) is -16.1. The smallest absolute Gasteiger partial charge is 0.543 e. The predicted molar refractivity (Wildman–Crippen MR) is 34.5 cm³/mol. The van der Waals surface area contributed by atoms with Crippen molar-refractivity contribution in [3.05, 3.63) is 0 Å². The zero-order valence-electron chi connectivity index (χ0n) is 13.9. The van der Waals surface area contributed by atoms with Gasteiger partial charge in [-0.3, -0.25) is 0 Å². The van der Waals surface area contributed by atoms with Crippen LogP contribution in [0.2, 0.25) is 0 Å². The van der Waals surface area contributed by atoms with Gasteiger partial charge in [-0.2, -0.15) is 0 Å². The molecule has 0 heterocycles. The Bertz CT molecular complexity index is 297. The van der Waals surface area contributed by atoms with Gasteiger partial charge in [-0.25, -0.2) is 0 Å². The first kappa shape index (κ1) is 30.8. The Morgan fingerprint density at radius 3 is 0.450 bits per heavy atom. The maximum absolute atomic E-state index is 8.93. The fourth-order valence-corrected chi connectivity index (χ4v) is 0. The van der Waals surface area contributed by atoms with E-state index in [1.807, 2.05) is 0 Å². The molecule has 0 aromatic carbocycles. The van der Waals surface area contributed by atoms with Gasteiger partial charge in [0.15, 0.2) is 0 Å². The maximum Gasteiger partial charge on any atom is 1.00 e. The average molecular weight is 282 g/mol. The van der Waals surface area contributed by atoms with Crippen LogP contribution in [0.25, 0.3) is 0 Å². The van der Waals surface area contributed by atoms with Crippen molar-refractivity contribution in [3.8, 4) is 0 Å². The van der Waals surface area contributed by atoms with Crippen molar-refractivity contribution in [1.29, 1.82) is 0 Å². The summed E-state index contributed by atoms with van der Waals surface area (Å²) in [5.74, 6) is -13.1. The second-order valence-corrected chi connectivity index (χ2v) is 1.72. The summed E-state index contributed by atoms with van der Waals surface area (Å²) in [5.41, 5.74) is 0. The Balaban J connectivity index is -0.0000000179. The van der Waals surface area contributed by atoms with E-state index in [9.17, 15) is 0 Å². The van der Waals surface area contributed by atoms with Gasteiger partial charge in [0, 0.05) is 0 Å². The zero-order chi connectivity index (χ0) is 15.5. The van der Waals surface area contributed by atoms with E-state index in [1.165, 1.54) is 0 Å². The molecule has 0 aromatic heterocycles. The number of hydrogen-bond donors (Lipinski definition) is 0. The van der Waals surface area contributed by atoms with Crippen LogP contribution in [0.5, 0.6) is 0 Å². The SMILES string of the molecule is O=C([O-])C(=O)[O-].O=C([O-])C(=O)[O-].O=C([O-])C(=O)[O-].[H+].[H+].[H+].[H+].[Li+].[Li+]. The summed E-state index contributed by atoms with van der Waals surface area (Å²) in [5, 5.41) is 53.6. The van der Waals surface area contributed by atoms with E-state index in [2.05, 4.69) is 0 Å². The molecule has 20 heavy (non-hydrogen) atoms. The number of rotatable bonds is 0. The van der Waals surface area contributed by atoms with E-state index in [0.717, 1.165) is 0 Å². The van der Waals surface area contributed by atoms with Gasteiger partial charge in [-0.05, 0) is 0 Å². The van der Waals surface area contributed by atoms with Crippen molar-refractivity contribution in [2.45, 2.75) is 0 Å². The van der Waals surface area contributed by atoms with Gasteiger partial charge in [-0.15, -0.1) is 0 Å². The minimum Gasteiger partial charge on any atom is -0.543 e. The molecule has 0 rings (SSSR count). The molecule has 0 aliphatic carbocycles. The van der Waals surface area contributed by atoms with E-state index >= 15 is 0 Å². The summed E-state index contributed by atoms with van der Waals surface area (Å²) in [6.07, 6.45) is 0. The molecule has 0 saturated heterocycles. The fourth-order valence-electron chi connectivity index (χ4n) is 0. The summed E-state index contributed by atoms with van der Waals surface area (Å²) in [7, 11) is 0. The second kappa shape index (κ2) is 17.0. The minimum absolute atomic E-state index is 0. The van der Waals surface area contributed by atoms with Crippen LogP contribution >= 0.6 is 0 Å². The monoisotopic (exact) mass is 282 g/mol. The van der Waals surface area contributed by atoms with E-state index in [4.69, 9.17) is 59.4 Å². The Morgan fingerprint density at radius 1 is 0.400 bits per heavy atom. The van der Waals surface area contributed by atoms with Crippen molar-refractivity contribution in [2.24, 2.45) is 0 Å². The molecule has 0 amide bonds. The summed E-state index contributed by atoms with van der Waals surface area (Å²) in [6, 6.07) is 0. The van der Waals surface area contributed by atoms with E-state index in [0.29, 0.717) is 0 Å². The molecule has 0 bridgehead atoms. The molecule has 102 valence electrons. The van der Waals surface area contributed by atoms with Gasteiger partial charge in [0.2, 0.25) is 0 Å². The Labute approximate surface area is 139 Å². The van der Waals surface area contributed by atoms with Crippen LogP contribution in [-0.4, -0.2) is 35.8 Å². The third-order valence-corrected chi connectivity index (χ3v) is 0.500. The van der Waals surface area contributed by atoms with E-state index in [-0.39, 0.29) is 43.4 Å². The van der Waals surface area contributed by atoms with Gasteiger partial charge >= 0.3 is 43.4 Å². The van der Waals surface area contributed by atoms with Gasteiger partial charge in [-0.1, -0.05) is 0 Å². The van der Waals surface area contributed by atoms with E-state index < -0.39 is 35.8 Å². The topological polar surface area (TPSA) is 241 Å². The Morgan fingerprint density at radius 2 is 0.450 bits per heavy atom. The molecule has 0 aliphatic heterocycles. The summed E-state index contributed by atoms with van der Waals surface area (Å²) < 4.78 is 0. The van der Waals surface area contributed by atoms with Crippen LogP contribution in [0.3, 0.4) is 0 Å². The second-order valence-electron chi connectivity index (χ2n) is 1.72. The first-order valence-electron chi connectivity index (χ1n) is 3.20. The molecule has 0 radical (unpaired) electrons. The molecular weight excluding hydrogens is 278 g/mol. The van der Waals surface area contributed by atoms with Crippen molar-refractivity contribution in [2.75, 3.05) is 0 Å². The van der Waals surface area contributed by atoms with Crippen LogP contribution in [-0.2, 0) is 28.8 Å². The third-order valence-electron chi connectivity index (χ3n) is 0.500. The zero-order valence-corrected chi connectivity index (χ0v) is 9.90. The number of carbonyl (C=O) groups excluding carboxylic acids is 6. The standard InChI is InChI=1S/3C2H2O4.2Li/c3*3-1(4)2(5)6;;/h3*(H,3,4)(H,5,6);;/q;;;2*+1/p-2. The Kier molecular flexibility index (Phi) is 26.2. The molecule has 0 atom stereocenters. The van der Waals surface area contributed by atoms with Crippen LogP contribution in [0.15, 0.2) is 0 Å². The van der Waals surface area contributed by atoms with E-state index in [1.54, 1.807) is 0 Å². The van der Waals surface area contributed by atoms with Crippen molar-refractivity contribution < 1.29 is 103 Å². The minimum atomic E-state index is -2.19. The molecule has 0 aliphatic rings. The van der Waals surface area contributed by atoms with Crippen molar-refractivity contribution in [3.63, 3.8) is 0 Å². The number of hydrogen-bond acceptors (Lipinski definition) is 12. The summed E-state index contributed by atoms with van der Waals surface area (Å²) >= 11 is 0. The quantitative estimate of drug-likeness (QED) is 0.296. The van der Waals surface area contributed by atoms with Gasteiger partial charge in [0.25, 0.3) is 0 Å². The van der Waals surface area contributed by atoms with Crippen LogP contribution in [0, 0.1) is 0 Å². The van der Waals surface area contributed by atoms with Crippen molar-refractivity contribution >= 4 is 35.8 Å². The summed E-state index contributed by atoms with van der Waals surface area (Å²) in [4.78, 5) is 53.6. The summed E-state index contributed by atoms with van der Waals surface area (Å²) in [6.45, 7) is 0. The first-order valence-corrected chi connectivity index (χ1v) is 3.20. The van der Waals surface area contributed by atoms with Gasteiger partial charge in [0.1, 0.15) is 0 Å². The van der Waals surface area contributed by atoms with Crippen LogP contribution in [0.4, 0.5) is 0 Å².